The van der Waals surface area contributed by atoms with Crippen LogP contribution in [0, 0.1) is 4.84 Å². The Kier molecular flexibility index (Phi) is 6.61. The number of nitrogens with one attached hydrogen (secondary N) is 2. The molecule has 0 aliphatic carbocycles. The number of nitrogens with zero attached hydrogens (tertiary/aromatic N) is 2. The van der Waals surface area contributed by atoms with Crippen molar-refractivity contribution in [3.63, 3.8) is 0 Å². The Balaban J connectivity index is 2.15. The van der Waals surface area contributed by atoms with Crippen molar-refractivity contribution in [1.82, 2.24) is 15.1 Å². The Hall–Kier alpha value is -2.39. The fraction of sp³-hybridized carbons (Fsp3) is 0.500. The molecule has 1 heterocycles. The summed E-state index contributed by atoms with van der Waals surface area (Å²) in [5, 5.41) is 7.37. The molecule has 1 atom stereocenters. The van der Waals surface area contributed by atoms with E-state index >= 15 is 0 Å². The molecule has 2 aromatic rings. The van der Waals surface area contributed by atoms with Gasteiger partial charge in [-0.25, -0.2) is 0 Å². The molecular formula is C18H27N4O4S+. The van der Waals surface area contributed by atoms with Crippen LogP contribution in [-0.2, 0) is 11.5 Å². The average Bonchev–Trinajstić information content (AvgIpc) is 2.93. The average molecular weight is 396 g/mol. The first-order valence-corrected chi connectivity index (χ1v) is 8.96. The third-order valence-electron chi connectivity index (χ3n) is 3.60. The second kappa shape index (κ2) is 8.53. The van der Waals surface area contributed by atoms with Crippen molar-refractivity contribution in [3.8, 4) is 23.0 Å². The summed E-state index contributed by atoms with van der Waals surface area (Å²) >= 11 is 5.27. The van der Waals surface area contributed by atoms with E-state index in [4.69, 9.17) is 26.1 Å². The first kappa shape index (κ1) is 20.9. The monoisotopic (exact) mass is 395 g/mol. The van der Waals surface area contributed by atoms with Crippen LogP contribution in [0.25, 0.3) is 11.5 Å². The minimum atomic E-state index is -0.264. The van der Waals surface area contributed by atoms with Crippen LogP contribution in [0.1, 0.15) is 20.8 Å². The van der Waals surface area contributed by atoms with Crippen LogP contribution >= 0.6 is 12.2 Å². The van der Waals surface area contributed by atoms with Gasteiger partial charge in [0.2, 0.25) is 5.89 Å². The van der Waals surface area contributed by atoms with Gasteiger partial charge in [0.25, 0.3) is 10.7 Å². The summed E-state index contributed by atoms with van der Waals surface area (Å²) in [5.74, 6) is 1.58. The second-order valence-electron chi connectivity index (χ2n) is 7.36. The number of carbonyl (C=O) groups excluding carboxylic acids is 1. The summed E-state index contributed by atoms with van der Waals surface area (Å²) in [5.41, 5.74) is 0.430. The molecule has 1 aromatic carbocycles. The first-order chi connectivity index (χ1) is 12.6. The van der Waals surface area contributed by atoms with E-state index in [-0.39, 0.29) is 16.3 Å². The Labute approximate surface area is 164 Å². The first-order valence-electron chi connectivity index (χ1n) is 8.55. The van der Waals surface area contributed by atoms with Crippen LogP contribution in [-0.4, -0.2) is 49.0 Å². The number of rotatable bonds is 7. The molecule has 9 heteroatoms. The molecule has 148 valence electrons. The maximum atomic E-state index is 12.1. The van der Waals surface area contributed by atoms with Crippen LogP contribution in [0.3, 0.4) is 0 Å². The standard InChI is InChI=1S/C18H26N4O4S/c1-18(2,3)19-15(23)10-21(4)11-22-17(27)26-16(20-22)12-7-13(24-5)9-14(8-12)25-6/h7-9H,10-11H2,1-6H3,(H,19,23)/p+1. The van der Waals surface area contributed by atoms with Crippen molar-refractivity contribution >= 4 is 18.1 Å². The van der Waals surface area contributed by atoms with Gasteiger partial charge in [0, 0.05) is 17.2 Å². The summed E-state index contributed by atoms with van der Waals surface area (Å²) < 4.78 is 17.7. The number of carbonyl (C=O) groups is 1. The fourth-order valence-electron chi connectivity index (χ4n) is 2.50. The molecule has 1 aromatic heterocycles. The highest BCUT2D eigenvalue weighted by atomic mass is 32.1. The number of hydrogen-bond donors (Lipinski definition) is 2. The van der Waals surface area contributed by atoms with Crippen LogP contribution in [0.2, 0.25) is 0 Å². The van der Waals surface area contributed by atoms with E-state index in [1.807, 2.05) is 27.8 Å². The Morgan fingerprint density at radius 1 is 1.26 bits per heavy atom. The highest BCUT2D eigenvalue weighted by Gasteiger charge is 2.19. The highest BCUT2D eigenvalue weighted by Crippen LogP contribution is 2.28. The molecule has 1 amide bonds. The molecule has 0 bridgehead atoms. The van der Waals surface area contributed by atoms with Gasteiger partial charge in [-0.1, -0.05) is 0 Å². The smallest absolute Gasteiger partial charge is 0.292 e. The molecule has 2 N–H and O–H groups in total. The molecule has 8 nitrogen and oxygen atoms in total. The summed E-state index contributed by atoms with van der Waals surface area (Å²) in [6.07, 6.45) is 0. The lowest BCUT2D eigenvalue weighted by Crippen LogP contribution is -3.09. The van der Waals surface area contributed by atoms with E-state index in [1.165, 1.54) is 0 Å². The third-order valence-corrected chi connectivity index (χ3v) is 3.90. The fourth-order valence-corrected chi connectivity index (χ4v) is 2.69. The van der Waals surface area contributed by atoms with Crippen LogP contribution in [0.5, 0.6) is 11.5 Å². The van der Waals surface area contributed by atoms with Crippen LogP contribution < -0.4 is 19.7 Å². The van der Waals surface area contributed by atoms with Gasteiger partial charge in [-0.05, 0) is 45.1 Å². The molecular weight excluding hydrogens is 368 g/mol. The quantitative estimate of drug-likeness (QED) is 0.687. The highest BCUT2D eigenvalue weighted by molar-refractivity contribution is 7.71. The molecule has 0 saturated carbocycles. The molecule has 1 unspecified atom stereocenters. The Morgan fingerprint density at radius 3 is 2.37 bits per heavy atom. The lowest BCUT2D eigenvalue weighted by Gasteiger charge is -2.21. The number of benzene rings is 1. The molecule has 0 aliphatic rings. The predicted octanol–water partition coefficient (Wildman–Crippen LogP) is 1.28. The second-order valence-corrected chi connectivity index (χ2v) is 7.71. The normalized spacial score (nSPS) is 12.5. The van der Waals surface area contributed by atoms with E-state index < -0.39 is 0 Å². The largest absolute Gasteiger partial charge is 0.497 e. The predicted molar refractivity (Wildman–Crippen MR) is 104 cm³/mol. The molecule has 27 heavy (non-hydrogen) atoms. The SMILES string of the molecule is COc1cc(OC)cc(-c2nn(C[NH+](C)CC(=O)NC(C)(C)C)c(=S)o2)c1. The van der Waals surface area contributed by atoms with E-state index in [0.29, 0.717) is 36.2 Å². The molecule has 0 saturated heterocycles. The van der Waals surface area contributed by atoms with E-state index in [0.717, 1.165) is 4.90 Å². The zero-order valence-corrected chi connectivity index (χ0v) is 17.4. The number of aromatic nitrogens is 2. The maximum absolute atomic E-state index is 12.1. The summed E-state index contributed by atoms with van der Waals surface area (Å²) in [4.78, 5) is 13.2. The van der Waals surface area contributed by atoms with Gasteiger partial charge in [-0.3, -0.25) is 4.79 Å². The van der Waals surface area contributed by atoms with Crippen molar-refractivity contribution in [2.24, 2.45) is 0 Å². The minimum Gasteiger partial charge on any atom is -0.497 e. The maximum Gasteiger partial charge on any atom is 0.292 e. The van der Waals surface area contributed by atoms with Crippen molar-refractivity contribution < 1.29 is 23.6 Å². The van der Waals surface area contributed by atoms with Crippen LogP contribution in [0.4, 0.5) is 0 Å². The number of ether oxygens (including phenoxy) is 2. The lowest BCUT2D eigenvalue weighted by molar-refractivity contribution is -0.895. The Morgan fingerprint density at radius 2 is 1.85 bits per heavy atom. The molecule has 0 fully saturated rings. The summed E-state index contributed by atoms with van der Waals surface area (Å²) in [7, 11) is 5.05. The zero-order valence-electron chi connectivity index (χ0n) is 16.6. The van der Waals surface area contributed by atoms with Crippen LogP contribution in [0.15, 0.2) is 22.6 Å². The number of likely N-dealkylation sites (N-methyl/N-ethyl adjacent to an activating group) is 1. The molecule has 0 radical (unpaired) electrons. The van der Waals surface area contributed by atoms with Crippen molar-refractivity contribution in [2.75, 3.05) is 27.8 Å². The van der Waals surface area contributed by atoms with Crippen molar-refractivity contribution in [2.45, 2.75) is 33.0 Å². The molecule has 2 rings (SSSR count). The summed E-state index contributed by atoms with van der Waals surface area (Å²) in [6.45, 7) is 6.54. The van der Waals surface area contributed by atoms with Gasteiger partial charge >= 0.3 is 0 Å². The van der Waals surface area contributed by atoms with Gasteiger partial charge in [0.15, 0.2) is 13.2 Å². The van der Waals surface area contributed by atoms with Gasteiger partial charge in [-0.15, -0.1) is 5.10 Å². The van der Waals surface area contributed by atoms with Gasteiger partial charge in [0.05, 0.1) is 21.3 Å². The van der Waals surface area contributed by atoms with E-state index in [2.05, 4.69) is 10.4 Å². The number of hydrogen-bond acceptors (Lipinski definition) is 6. The minimum absolute atomic E-state index is 0.0345. The van der Waals surface area contributed by atoms with Gasteiger partial charge < -0.3 is 24.1 Å². The number of quaternary nitrogens is 1. The van der Waals surface area contributed by atoms with Crippen molar-refractivity contribution in [1.29, 1.82) is 0 Å². The third kappa shape index (κ3) is 6.07. The van der Waals surface area contributed by atoms with Gasteiger partial charge in [-0.2, -0.15) is 4.68 Å². The topological polar surface area (TPSA) is 83.0 Å². The molecule has 0 spiro atoms. The zero-order chi connectivity index (χ0) is 20.2. The Bertz CT molecular complexity index is 832. The molecule has 0 aliphatic heterocycles. The number of amides is 1. The van der Waals surface area contributed by atoms with E-state index in [9.17, 15) is 4.79 Å². The van der Waals surface area contributed by atoms with Crippen molar-refractivity contribution in [3.05, 3.63) is 23.0 Å². The van der Waals surface area contributed by atoms with E-state index in [1.54, 1.807) is 37.1 Å². The van der Waals surface area contributed by atoms with Gasteiger partial charge in [0.1, 0.15) is 11.5 Å². The summed E-state index contributed by atoms with van der Waals surface area (Å²) in [6, 6.07) is 5.35. The lowest BCUT2D eigenvalue weighted by atomic mass is 10.1. The number of methoxy groups -OCH3 is 2.